The predicted molar refractivity (Wildman–Crippen MR) is 128 cm³/mol. The van der Waals surface area contributed by atoms with Crippen molar-refractivity contribution >= 4 is 17.7 Å². The van der Waals surface area contributed by atoms with E-state index in [0.29, 0.717) is 22.5 Å². The van der Waals surface area contributed by atoms with Gasteiger partial charge in [-0.3, -0.25) is 14.4 Å². The third-order valence-electron chi connectivity index (χ3n) is 10.4. The van der Waals surface area contributed by atoms with Gasteiger partial charge in [0.1, 0.15) is 11.8 Å². The second-order valence-electron chi connectivity index (χ2n) is 12.2. The zero-order valence-electron chi connectivity index (χ0n) is 21.0. The summed E-state index contributed by atoms with van der Waals surface area (Å²) in [6.07, 6.45) is 12.4. The van der Waals surface area contributed by atoms with E-state index in [1.165, 1.54) is 57.8 Å². The highest BCUT2D eigenvalue weighted by Crippen LogP contribution is 2.67. The molecule has 4 aliphatic rings. The SMILES string of the molecule is CC(=O)C1CCC2C3CCC4CC(C)CCC4(C)C3CCC12C.NC(CCC(=O)O)C(=O)O. The number of Topliss-reactive ketones (excluding diaryl/α,β-unsaturated/α-hetero) is 1. The summed E-state index contributed by atoms with van der Waals surface area (Å²) in [5.41, 5.74) is 5.95. The average Bonchev–Trinajstić information content (AvgIpc) is 3.10. The van der Waals surface area contributed by atoms with Gasteiger partial charge in [-0.05, 0) is 105 Å². The number of aliphatic carboxylic acids is 2. The summed E-state index contributed by atoms with van der Waals surface area (Å²) < 4.78 is 0. The molecule has 4 aliphatic carbocycles. The van der Waals surface area contributed by atoms with E-state index >= 15 is 0 Å². The molecule has 4 rings (SSSR count). The molecule has 0 heterocycles. The van der Waals surface area contributed by atoms with Crippen LogP contribution in [0.5, 0.6) is 0 Å². The third kappa shape index (κ3) is 5.16. The Morgan fingerprint density at radius 3 is 2.18 bits per heavy atom. The molecule has 0 bridgehead atoms. The summed E-state index contributed by atoms with van der Waals surface area (Å²) in [4.78, 5) is 32.1. The topological polar surface area (TPSA) is 118 Å². The second-order valence-corrected chi connectivity index (χ2v) is 12.2. The Morgan fingerprint density at radius 2 is 1.58 bits per heavy atom. The van der Waals surface area contributed by atoms with Crippen molar-refractivity contribution in [2.75, 3.05) is 0 Å². The van der Waals surface area contributed by atoms with Gasteiger partial charge in [0, 0.05) is 12.3 Å². The maximum absolute atomic E-state index is 12.2. The Bertz CT molecular complexity index is 753. The van der Waals surface area contributed by atoms with E-state index in [1.54, 1.807) is 0 Å². The molecule has 6 heteroatoms. The minimum atomic E-state index is -1.17. The van der Waals surface area contributed by atoms with E-state index in [2.05, 4.69) is 20.8 Å². The van der Waals surface area contributed by atoms with Crippen molar-refractivity contribution in [2.45, 2.75) is 104 Å². The zero-order chi connectivity index (χ0) is 24.6. The van der Waals surface area contributed by atoms with E-state index in [-0.39, 0.29) is 12.8 Å². The third-order valence-corrected chi connectivity index (χ3v) is 10.4. The molecule has 4 N–H and O–H groups in total. The molecule has 4 saturated carbocycles. The van der Waals surface area contributed by atoms with E-state index in [0.717, 1.165) is 29.6 Å². The van der Waals surface area contributed by atoms with Gasteiger partial charge in [-0.2, -0.15) is 0 Å². The number of rotatable bonds is 5. The predicted octanol–water partition coefficient (Wildman–Crippen LogP) is 5.13. The van der Waals surface area contributed by atoms with Crippen LogP contribution in [-0.2, 0) is 14.4 Å². The monoisotopic (exact) mass is 463 g/mol. The number of fused-ring (bicyclic) bond motifs is 5. The Labute approximate surface area is 199 Å². The molecule has 0 spiro atoms. The molecule has 0 aromatic heterocycles. The highest BCUT2D eigenvalue weighted by Gasteiger charge is 2.60. The number of ketones is 1. The van der Waals surface area contributed by atoms with Gasteiger partial charge in [-0.1, -0.05) is 27.2 Å². The lowest BCUT2D eigenvalue weighted by Gasteiger charge is -2.61. The summed E-state index contributed by atoms with van der Waals surface area (Å²) in [7, 11) is 0. The molecule has 0 amide bonds. The maximum Gasteiger partial charge on any atom is 0.320 e. The number of nitrogens with two attached hydrogens (primary N) is 1. The van der Waals surface area contributed by atoms with Gasteiger partial charge >= 0.3 is 11.9 Å². The first-order chi connectivity index (χ1) is 15.4. The Balaban J connectivity index is 0.000000262. The number of hydrogen-bond acceptors (Lipinski definition) is 4. The number of hydrogen-bond donors (Lipinski definition) is 3. The van der Waals surface area contributed by atoms with E-state index in [4.69, 9.17) is 15.9 Å². The van der Waals surface area contributed by atoms with Gasteiger partial charge in [-0.15, -0.1) is 0 Å². The van der Waals surface area contributed by atoms with Gasteiger partial charge in [0.15, 0.2) is 0 Å². The minimum absolute atomic E-state index is 0.0231. The summed E-state index contributed by atoms with van der Waals surface area (Å²) in [6.45, 7) is 9.45. The Morgan fingerprint density at radius 1 is 0.939 bits per heavy atom. The zero-order valence-corrected chi connectivity index (χ0v) is 21.0. The molecule has 9 atom stereocenters. The minimum Gasteiger partial charge on any atom is -0.481 e. The number of carboxylic acids is 2. The van der Waals surface area contributed by atoms with Crippen molar-refractivity contribution in [1.82, 2.24) is 0 Å². The lowest BCUT2D eigenvalue weighted by molar-refractivity contribution is -0.140. The van der Waals surface area contributed by atoms with Gasteiger partial charge in [0.05, 0.1) is 0 Å². The van der Waals surface area contributed by atoms with Crippen LogP contribution in [0.25, 0.3) is 0 Å². The van der Waals surface area contributed by atoms with Gasteiger partial charge in [-0.25, -0.2) is 0 Å². The molecule has 0 aromatic rings. The van der Waals surface area contributed by atoms with Gasteiger partial charge < -0.3 is 15.9 Å². The molecule has 33 heavy (non-hydrogen) atoms. The average molecular weight is 464 g/mol. The fourth-order valence-corrected chi connectivity index (χ4v) is 8.54. The summed E-state index contributed by atoms with van der Waals surface area (Å²) >= 11 is 0. The molecule has 0 aromatic carbocycles. The van der Waals surface area contributed by atoms with Crippen molar-refractivity contribution < 1.29 is 24.6 Å². The Hall–Kier alpha value is -1.43. The molecule has 188 valence electrons. The quantitative estimate of drug-likeness (QED) is 0.520. The molecule has 6 nitrogen and oxygen atoms in total. The molecular weight excluding hydrogens is 418 g/mol. The Kier molecular flexibility index (Phi) is 7.97. The molecule has 0 saturated heterocycles. The first-order valence-corrected chi connectivity index (χ1v) is 13.1. The molecule has 0 radical (unpaired) electrons. The van der Waals surface area contributed by atoms with Crippen LogP contribution in [-0.4, -0.2) is 34.0 Å². The molecule has 0 aliphatic heterocycles. The largest absolute Gasteiger partial charge is 0.481 e. The van der Waals surface area contributed by atoms with Crippen molar-refractivity contribution in [3.63, 3.8) is 0 Å². The van der Waals surface area contributed by atoms with Gasteiger partial charge in [0.2, 0.25) is 0 Å². The second kappa shape index (κ2) is 10.1. The number of carbonyl (C=O) groups is 3. The highest BCUT2D eigenvalue weighted by molar-refractivity contribution is 5.79. The van der Waals surface area contributed by atoms with Crippen LogP contribution < -0.4 is 5.73 Å². The van der Waals surface area contributed by atoms with Crippen molar-refractivity contribution in [3.8, 4) is 0 Å². The first-order valence-electron chi connectivity index (χ1n) is 13.1. The summed E-state index contributed by atoms with van der Waals surface area (Å²) in [6, 6.07) is -1.06. The van der Waals surface area contributed by atoms with Crippen LogP contribution in [0.15, 0.2) is 0 Å². The van der Waals surface area contributed by atoms with Crippen LogP contribution in [0.2, 0.25) is 0 Å². The maximum atomic E-state index is 12.2. The number of carboxylic acid groups (broad SMARTS) is 2. The van der Waals surface area contributed by atoms with Crippen molar-refractivity contribution in [1.29, 1.82) is 0 Å². The van der Waals surface area contributed by atoms with Gasteiger partial charge in [0.25, 0.3) is 0 Å². The molecular formula is C27H45NO5. The molecule has 9 unspecified atom stereocenters. The summed E-state index contributed by atoms with van der Waals surface area (Å²) in [5.74, 6) is 3.30. The molecule has 4 fully saturated rings. The van der Waals surface area contributed by atoms with Crippen LogP contribution in [0.3, 0.4) is 0 Å². The van der Waals surface area contributed by atoms with E-state index in [9.17, 15) is 14.4 Å². The lowest BCUT2D eigenvalue weighted by Crippen LogP contribution is -2.53. The van der Waals surface area contributed by atoms with Crippen molar-refractivity contribution in [2.24, 2.45) is 52.1 Å². The van der Waals surface area contributed by atoms with Crippen molar-refractivity contribution in [3.05, 3.63) is 0 Å². The first kappa shape index (κ1) is 26.2. The normalized spacial score (nSPS) is 42.6. The van der Waals surface area contributed by atoms with E-state index < -0.39 is 18.0 Å². The fourth-order valence-electron chi connectivity index (χ4n) is 8.54. The van der Waals surface area contributed by atoms with Crippen LogP contribution >= 0.6 is 0 Å². The van der Waals surface area contributed by atoms with E-state index in [1.807, 2.05) is 6.92 Å². The number of carbonyl (C=O) groups excluding carboxylic acids is 1. The van der Waals surface area contributed by atoms with Crippen LogP contribution in [0, 0.1) is 46.3 Å². The van der Waals surface area contributed by atoms with Crippen LogP contribution in [0.1, 0.15) is 98.3 Å². The van der Waals surface area contributed by atoms with Crippen LogP contribution in [0.4, 0.5) is 0 Å². The summed E-state index contributed by atoms with van der Waals surface area (Å²) in [5, 5.41) is 16.3. The smallest absolute Gasteiger partial charge is 0.320 e. The fraction of sp³-hybridized carbons (Fsp3) is 0.889. The lowest BCUT2D eigenvalue weighted by atomic mass is 9.44. The highest BCUT2D eigenvalue weighted by atomic mass is 16.4. The standard InChI is InChI=1S/C22H36O.C5H9NO4/c1-14-9-11-21(3)16(13-14)5-6-17-19-8-7-18(15(2)23)22(19,4)12-10-20(17)21;6-3(5(9)10)1-2-4(7)8/h14,16-20H,5-13H2,1-4H3;3H,1-2,6H2,(H,7,8)(H,9,10).